The third-order valence-electron chi connectivity index (χ3n) is 3.15. The Morgan fingerprint density at radius 3 is 2.46 bits per heavy atom. The van der Waals surface area contributed by atoms with Gasteiger partial charge in [0, 0.05) is 21.5 Å². The largest absolute Gasteiger partial charge is 0.463 e. The standard InChI is InChI=1S/C17H19NO4S2/c1-4-22-17(19)10-7-14-5-8-15(9-6-14)18-24(20,21)16-11-12(2)23-13(16)3/h5-11,18H,4H2,1-3H3. The third-order valence-corrected chi connectivity index (χ3v) is 5.75. The van der Waals surface area contributed by atoms with E-state index in [2.05, 4.69) is 4.72 Å². The number of hydrogen-bond acceptors (Lipinski definition) is 5. The molecule has 0 spiro atoms. The molecule has 0 amide bonds. The summed E-state index contributed by atoms with van der Waals surface area (Å²) in [6.45, 7) is 5.73. The van der Waals surface area contributed by atoms with E-state index in [0.29, 0.717) is 17.2 Å². The maximum Gasteiger partial charge on any atom is 0.330 e. The molecule has 0 aliphatic rings. The number of hydrogen-bond donors (Lipinski definition) is 1. The van der Waals surface area contributed by atoms with E-state index in [1.54, 1.807) is 50.3 Å². The van der Waals surface area contributed by atoms with Crippen molar-refractivity contribution >= 4 is 39.1 Å². The molecule has 1 N–H and O–H groups in total. The molecule has 5 nitrogen and oxygen atoms in total. The zero-order chi connectivity index (χ0) is 17.7. The summed E-state index contributed by atoms with van der Waals surface area (Å²) in [7, 11) is -3.60. The molecule has 0 unspecified atom stereocenters. The summed E-state index contributed by atoms with van der Waals surface area (Å²) < 4.78 is 32.2. The molecule has 0 saturated heterocycles. The fraction of sp³-hybridized carbons (Fsp3) is 0.235. The fourth-order valence-electron chi connectivity index (χ4n) is 2.10. The van der Waals surface area contributed by atoms with Crippen LogP contribution in [0.15, 0.2) is 41.3 Å². The summed E-state index contributed by atoms with van der Waals surface area (Å²) in [5.41, 5.74) is 1.24. The highest BCUT2D eigenvalue weighted by Gasteiger charge is 2.19. The van der Waals surface area contributed by atoms with Crippen molar-refractivity contribution < 1.29 is 17.9 Å². The van der Waals surface area contributed by atoms with Crippen LogP contribution in [0.2, 0.25) is 0 Å². The summed E-state index contributed by atoms with van der Waals surface area (Å²) in [6.07, 6.45) is 2.95. The zero-order valence-electron chi connectivity index (χ0n) is 13.7. The minimum atomic E-state index is -3.60. The minimum Gasteiger partial charge on any atom is -0.463 e. The molecule has 0 radical (unpaired) electrons. The van der Waals surface area contributed by atoms with Crippen LogP contribution in [0.25, 0.3) is 6.08 Å². The quantitative estimate of drug-likeness (QED) is 0.625. The molecule has 128 valence electrons. The fourth-order valence-corrected chi connectivity index (χ4v) is 4.72. The number of anilines is 1. The molecular weight excluding hydrogens is 346 g/mol. The van der Waals surface area contributed by atoms with Gasteiger partial charge in [0.2, 0.25) is 0 Å². The van der Waals surface area contributed by atoms with Gasteiger partial charge in [-0.15, -0.1) is 11.3 Å². The van der Waals surface area contributed by atoms with Crippen molar-refractivity contribution in [1.82, 2.24) is 0 Å². The normalized spacial score (nSPS) is 11.6. The number of aryl methyl sites for hydroxylation is 2. The van der Waals surface area contributed by atoms with Crippen molar-refractivity contribution in [1.29, 1.82) is 0 Å². The Kier molecular flexibility index (Phi) is 5.80. The molecular formula is C17H19NO4S2. The summed E-state index contributed by atoms with van der Waals surface area (Å²) in [4.78, 5) is 13.3. The van der Waals surface area contributed by atoms with Crippen LogP contribution in [0.3, 0.4) is 0 Å². The topological polar surface area (TPSA) is 72.5 Å². The molecule has 2 aromatic rings. The number of esters is 1. The molecule has 0 saturated carbocycles. The van der Waals surface area contributed by atoms with Gasteiger partial charge in [-0.3, -0.25) is 4.72 Å². The average Bonchev–Trinajstić information content (AvgIpc) is 2.86. The molecule has 2 rings (SSSR count). The van der Waals surface area contributed by atoms with Crippen molar-refractivity contribution in [2.24, 2.45) is 0 Å². The van der Waals surface area contributed by atoms with Crippen molar-refractivity contribution in [2.75, 3.05) is 11.3 Å². The lowest BCUT2D eigenvalue weighted by Gasteiger charge is -2.07. The SMILES string of the molecule is CCOC(=O)C=Cc1ccc(NS(=O)(=O)c2cc(C)sc2C)cc1. The number of ether oxygens (including phenoxy) is 1. The summed E-state index contributed by atoms with van der Waals surface area (Å²) in [5, 5.41) is 0. The van der Waals surface area contributed by atoms with Crippen LogP contribution in [-0.2, 0) is 19.6 Å². The maximum absolute atomic E-state index is 12.4. The van der Waals surface area contributed by atoms with Crippen molar-refractivity contribution in [3.05, 3.63) is 51.7 Å². The number of rotatable bonds is 6. The van der Waals surface area contributed by atoms with Crippen LogP contribution in [0.4, 0.5) is 5.69 Å². The molecule has 0 aliphatic carbocycles. The first-order valence-corrected chi connectivity index (χ1v) is 9.66. The average molecular weight is 365 g/mol. The van der Waals surface area contributed by atoms with Gasteiger partial charge in [-0.2, -0.15) is 0 Å². The van der Waals surface area contributed by atoms with E-state index in [1.807, 2.05) is 6.92 Å². The van der Waals surface area contributed by atoms with Gasteiger partial charge < -0.3 is 4.74 Å². The van der Waals surface area contributed by atoms with Crippen LogP contribution in [0, 0.1) is 13.8 Å². The number of nitrogens with one attached hydrogen (secondary N) is 1. The van der Waals surface area contributed by atoms with E-state index in [0.717, 1.165) is 15.3 Å². The second-order valence-electron chi connectivity index (χ2n) is 5.09. The van der Waals surface area contributed by atoms with E-state index in [9.17, 15) is 13.2 Å². The summed E-state index contributed by atoms with van der Waals surface area (Å²) >= 11 is 1.45. The first kappa shape index (κ1) is 18.2. The van der Waals surface area contributed by atoms with E-state index < -0.39 is 16.0 Å². The number of carbonyl (C=O) groups excluding carboxylic acids is 1. The van der Waals surface area contributed by atoms with E-state index in [-0.39, 0.29) is 0 Å². The van der Waals surface area contributed by atoms with Crippen LogP contribution >= 0.6 is 11.3 Å². The van der Waals surface area contributed by atoms with Crippen molar-refractivity contribution in [2.45, 2.75) is 25.7 Å². The lowest BCUT2D eigenvalue weighted by Crippen LogP contribution is -2.13. The van der Waals surface area contributed by atoms with Gasteiger partial charge in [-0.05, 0) is 50.6 Å². The first-order chi connectivity index (χ1) is 11.3. The highest BCUT2D eigenvalue weighted by Crippen LogP contribution is 2.26. The molecule has 24 heavy (non-hydrogen) atoms. The Labute approximate surface area is 146 Å². The molecule has 1 aromatic heterocycles. The maximum atomic E-state index is 12.4. The molecule has 0 fully saturated rings. The van der Waals surface area contributed by atoms with E-state index >= 15 is 0 Å². The lowest BCUT2D eigenvalue weighted by molar-refractivity contribution is -0.137. The molecule has 0 bridgehead atoms. The Morgan fingerprint density at radius 1 is 1.25 bits per heavy atom. The predicted octanol–water partition coefficient (Wildman–Crippen LogP) is 3.74. The highest BCUT2D eigenvalue weighted by molar-refractivity contribution is 7.93. The minimum absolute atomic E-state index is 0.302. The Balaban J connectivity index is 2.11. The monoisotopic (exact) mass is 365 g/mol. The van der Waals surface area contributed by atoms with Crippen LogP contribution in [0.1, 0.15) is 22.2 Å². The van der Waals surface area contributed by atoms with Gasteiger partial charge in [0.15, 0.2) is 0 Å². The van der Waals surface area contributed by atoms with Crippen molar-refractivity contribution in [3.8, 4) is 0 Å². The Hall–Kier alpha value is -2.12. The summed E-state index contributed by atoms with van der Waals surface area (Å²) in [5.74, 6) is -0.411. The lowest BCUT2D eigenvalue weighted by atomic mass is 10.2. The zero-order valence-corrected chi connectivity index (χ0v) is 15.3. The smallest absolute Gasteiger partial charge is 0.330 e. The number of sulfonamides is 1. The van der Waals surface area contributed by atoms with Gasteiger partial charge in [0.05, 0.1) is 6.61 Å². The van der Waals surface area contributed by atoms with Gasteiger partial charge in [-0.25, -0.2) is 13.2 Å². The van der Waals surface area contributed by atoms with Gasteiger partial charge >= 0.3 is 5.97 Å². The highest BCUT2D eigenvalue weighted by atomic mass is 32.2. The second kappa shape index (κ2) is 7.63. The molecule has 0 atom stereocenters. The van der Waals surface area contributed by atoms with Crippen LogP contribution in [-0.4, -0.2) is 21.0 Å². The number of carbonyl (C=O) groups is 1. The predicted molar refractivity (Wildman–Crippen MR) is 96.7 cm³/mol. The molecule has 1 heterocycles. The second-order valence-corrected chi connectivity index (χ2v) is 8.20. The molecule has 0 aliphatic heterocycles. The van der Waals surface area contributed by atoms with Gasteiger partial charge in [-0.1, -0.05) is 12.1 Å². The van der Waals surface area contributed by atoms with Crippen LogP contribution < -0.4 is 4.72 Å². The van der Waals surface area contributed by atoms with E-state index in [1.165, 1.54) is 17.4 Å². The Morgan fingerprint density at radius 2 is 1.92 bits per heavy atom. The molecule has 7 heteroatoms. The van der Waals surface area contributed by atoms with Gasteiger partial charge in [0.1, 0.15) is 4.90 Å². The Bertz CT molecular complexity index is 849. The third kappa shape index (κ3) is 4.69. The first-order valence-electron chi connectivity index (χ1n) is 7.36. The number of benzene rings is 1. The van der Waals surface area contributed by atoms with E-state index in [4.69, 9.17) is 4.74 Å². The summed E-state index contributed by atoms with van der Waals surface area (Å²) in [6, 6.07) is 8.41. The van der Waals surface area contributed by atoms with Crippen LogP contribution in [0.5, 0.6) is 0 Å². The molecule has 1 aromatic carbocycles. The van der Waals surface area contributed by atoms with Crippen molar-refractivity contribution in [3.63, 3.8) is 0 Å². The number of thiophene rings is 1. The van der Waals surface area contributed by atoms with Gasteiger partial charge in [0.25, 0.3) is 10.0 Å².